The van der Waals surface area contributed by atoms with Crippen molar-refractivity contribution >= 4 is 16.6 Å². The molecule has 0 spiro atoms. The van der Waals surface area contributed by atoms with Crippen LogP contribution >= 0.6 is 0 Å². The first kappa shape index (κ1) is 11.2. The Morgan fingerprint density at radius 3 is 2.65 bits per heavy atom. The molecule has 0 amide bonds. The largest absolute Gasteiger partial charge is 0.416 e. The monoisotopic (exact) mass is 238 g/mol. The highest BCUT2D eigenvalue weighted by Crippen LogP contribution is 2.33. The third-order valence-corrected chi connectivity index (χ3v) is 2.20. The zero-order valence-corrected chi connectivity index (χ0v) is 8.31. The molecule has 0 N–H and O–H groups in total. The molecule has 0 saturated carbocycles. The maximum absolute atomic E-state index is 12.5. The van der Waals surface area contributed by atoms with Crippen LogP contribution in [0.25, 0.3) is 21.3 Å². The van der Waals surface area contributed by atoms with E-state index in [9.17, 15) is 13.2 Å². The molecule has 0 aliphatic heterocycles. The van der Waals surface area contributed by atoms with Gasteiger partial charge in [-0.05, 0) is 29.8 Å². The van der Waals surface area contributed by atoms with Gasteiger partial charge in [-0.1, -0.05) is 5.11 Å². The van der Waals surface area contributed by atoms with Crippen LogP contribution in [0.1, 0.15) is 5.56 Å². The average molecular weight is 238 g/mol. The zero-order valence-electron chi connectivity index (χ0n) is 8.31. The topological polar surface area (TPSA) is 61.7 Å². The van der Waals surface area contributed by atoms with Gasteiger partial charge in [0, 0.05) is 22.2 Å². The van der Waals surface area contributed by atoms with Gasteiger partial charge in [0.1, 0.15) is 0 Å². The smallest absolute Gasteiger partial charge is 0.256 e. The average Bonchev–Trinajstić information content (AvgIpc) is 2.28. The molecule has 1 aromatic heterocycles. The van der Waals surface area contributed by atoms with Gasteiger partial charge in [0.2, 0.25) is 0 Å². The molecule has 1 aromatic carbocycles. The molecule has 86 valence electrons. The molecule has 0 radical (unpaired) electrons. The number of nitrogens with zero attached hydrogens (tertiary/aromatic N) is 4. The maximum atomic E-state index is 12.5. The first-order valence-corrected chi connectivity index (χ1v) is 4.53. The van der Waals surface area contributed by atoms with Gasteiger partial charge < -0.3 is 0 Å². The van der Waals surface area contributed by atoms with Crippen molar-refractivity contribution in [1.29, 1.82) is 0 Å². The predicted octanol–water partition coefficient (Wildman–Crippen LogP) is 4.20. The summed E-state index contributed by atoms with van der Waals surface area (Å²) in [5.74, 6) is 0. The summed E-state index contributed by atoms with van der Waals surface area (Å²) in [6.07, 6.45) is -3.06. The number of rotatable bonds is 1. The Balaban J connectivity index is 2.74. The minimum Gasteiger partial charge on any atom is -0.256 e. The van der Waals surface area contributed by atoms with Crippen molar-refractivity contribution in [2.45, 2.75) is 6.18 Å². The third kappa shape index (κ3) is 2.14. The van der Waals surface area contributed by atoms with Crippen molar-refractivity contribution in [3.63, 3.8) is 0 Å². The molecule has 17 heavy (non-hydrogen) atoms. The molecule has 4 nitrogen and oxygen atoms in total. The van der Waals surface area contributed by atoms with Crippen LogP contribution in [-0.2, 0) is 6.18 Å². The van der Waals surface area contributed by atoms with Crippen LogP contribution in [0.2, 0.25) is 0 Å². The summed E-state index contributed by atoms with van der Waals surface area (Å²) in [6, 6.07) is 4.47. The van der Waals surface area contributed by atoms with Gasteiger partial charge in [0.25, 0.3) is 0 Å². The number of hydrogen-bond acceptors (Lipinski definition) is 2. The van der Waals surface area contributed by atoms with Gasteiger partial charge in [0.15, 0.2) is 0 Å². The summed E-state index contributed by atoms with van der Waals surface area (Å²) in [5.41, 5.74) is 8.00. The van der Waals surface area contributed by atoms with E-state index in [1.54, 1.807) is 0 Å². The van der Waals surface area contributed by atoms with E-state index in [4.69, 9.17) is 5.53 Å². The summed E-state index contributed by atoms with van der Waals surface area (Å²) in [7, 11) is 0. The Bertz CT molecular complexity index is 614. The van der Waals surface area contributed by atoms with Crippen molar-refractivity contribution in [2.75, 3.05) is 0 Å². The number of alkyl halides is 3. The highest BCUT2D eigenvalue weighted by atomic mass is 19.4. The second-order valence-corrected chi connectivity index (χ2v) is 3.25. The van der Waals surface area contributed by atoms with E-state index in [0.29, 0.717) is 5.52 Å². The van der Waals surface area contributed by atoms with E-state index < -0.39 is 11.7 Å². The summed E-state index contributed by atoms with van der Waals surface area (Å²) in [5, 5.41) is 3.51. The molecular formula is C10H5F3N4. The molecular weight excluding hydrogens is 233 g/mol. The number of aromatic nitrogens is 1. The number of halogens is 3. The van der Waals surface area contributed by atoms with Gasteiger partial charge >= 0.3 is 6.18 Å². The van der Waals surface area contributed by atoms with Crippen LogP contribution in [0.15, 0.2) is 35.6 Å². The van der Waals surface area contributed by atoms with E-state index in [2.05, 4.69) is 15.0 Å². The normalized spacial score (nSPS) is 11.2. The molecule has 0 bridgehead atoms. The molecule has 0 aliphatic rings. The summed E-state index contributed by atoms with van der Waals surface area (Å²) in [6.45, 7) is 0. The fourth-order valence-corrected chi connectivity index (χ4v) is 1.44. The second-order valence-electron chi connectivity index (χ2n) is 3.25. The fraction of sp³-hybridized carbons (Fsp3) is 0.100. The van der Waals surface area contributed by atoms with Crippen molar-refractivity contribution in [2.24, 2.45) is 5.11 Å². The van der Waals surface area contributed by atoms with Crippen LogP contribution in [0.5, 0.6) is 0 Å². The lowest BCUT2D eigenvalue weighted by Gasteiger charge is -2.08. The van der Waals surface area contributed by atoms with Gasteiger partial charge in [-0.3, -0.25) is 4.98 Å². The first-order valence-electron chi connectivity index (χ1n) is 4.53. The summed E-state index contributed by atoms with van der Waals surface area (Å²) < 4.78 is 37.5. The minimum atomic E-state index is -4.43. The Morgan fingerprint density at radius 2 is 2.00 bits per heavy atom. The van der Waals surface area contributed by atoms with Crippen LogP contribution < -0.4 is 0 Å². The molecule has 0 aliphatic carbocycles. The standard InChI is InChI=1S/C10H5F3N4/c11-10(12,13)6-1-2-8-7(5-6)9(16-17-14)3-4-15-8/h1-5H. The van der Waals surface area contributed by atoms with Gasteiger partial charge in [-0.15, -0.1) is 0 Å². The van der Waals surface area contributed by atoms with E-state index in [0.717, 1.165) is 12.1 Å². The molecule has 0 unspecified atom stereocenters. The number of fused-ring (bicyclic) bond motifs is 1. The first-order chi connectivity index (χ1) is 8.02. The number of pyridine rings is 1. The SMILES string of the molecule is [N-]=[N+]=Nc1ccnc2ccc(C(F)(F)F)cc12. The van der Waals surface area contributed by atoms with Crippen molar-refractivity contribution in [1.82, 2.24) is 4.98 Å². The third-order valence-electron chi connectivity index (χ3n) is 2.20. The molecule has 2 aromatic rings. The lowest BCUT2D eigenvalue weighted by molar-refractivity contribution is -0.137. The predicted molar refractivity (Wildman–Crippen MR) is 55.6 cm³/mol. The molecule has 0 atom stereocenters. The van der Waals surface area contributed by atoms with Gasteiger partial charge in [0.05, 0.1) is 11.1 Å². The quantitative estimate of drug-likeness (QED) is 0.417. The van der Waals surface area contributed by atoms with Crippen molar-refractivity contribution < 1.29 is 13.2 Å². The van der Waals surface area contributed by atoms with Crippen LogP contribution in [0.3, 0.4) is 0 Å². The Morgan fingerprint density at radius 1 is 1.24 bits per heavy atom. The van der Waals surface area contributed by atoms with E-state index in [-0.39, 0.29) is 11.1 Å². The Labute approximate surface area is 93.3 Å². The van der Waals surface area contributed by atoms with Gasteiger partial charge in [-0.2, -0.15) is 13.2 Å². The molecule has 2 rings (SSSR count). The number of azide groups is 1. The Kier molecular flexibility index (Phi) is 2.61. The van der Waals surface area contributed by atoms with Crippen molar-refractivity contribution in [3.05, 3.63) is 46.5 Å². The minimum absolute atomic E-state index is 0.128. The lowest BCUT2D eigenvalue weighted by atomic mass is 10.1. The van der Waals surface area contributed by atoms with E-state index >= 15 is 0 Å². The summed E-state index contributed by atoms with van der Waals surface area (Å²) in [4.78, 5) is 6.46. The number of benzene rings is 1. The number of hydrogen-bond donors (Lipinski definition) is 0. The molecule has 0 saturated heterocycles. The fourth-order valence-electron chi connectivity index (χ4n) is 1.44. The van der Waals surface area contributed by atoms with Crippen LogP contribution in [0, 0.1) is 0 Å². The van der Waals surface area contributed by atoms with Crippen LogP contribution in [-0.4, -0.2) is 4.98 Å². The molecule has 0 fully saturated rings. The van der Waals surface area contributed by atoms with Crippen molar-refractivity contribution in [3.8, 4) is 0 Å². The van der Waals surface area contributed by atoms with E-state index in [1.807, 2.05) is 0 Å². The highest BCUT2D eigenvalue weighted by Gasteiger charge is 2.30. The van der Waals surface area contributed by atoms with Gasteiger partial charge in [-0.25, -0.2) is 0 Å². The van der Waals surface area contributed by atoms with E-state index in [1.165, 1.54) is 18.3 Å². The second kappa shape index (κ2) is 3.95. The molecule has 7 heteroatoms. The lowest BCUT2D eigenvalue weighted by Crippen LogP contribution is -2.04. The summed E-state index contributed by atoms with van der Waals surface area (Å²) >= 11 is 0. The highest BCUT2D eigenvalue weighted by molar-refractivity contribution is 5.89. The van der Waals surface area contributed by atoms with Crippen LogP contribution in [0.4, 0.5) is 18.9 Å². The molecule has 1 heterocycles. The Hall–Kier alpha value is -2.27. The maximum Gasteiger partial charge on any atom is 0.416 e. The zero-order chi connectivity index (χ0) is 12.5.